The lowest BCUT2D eigenvalue weighted by Gasteiger charge is -2.10. The largest absolute Gasteiger partial charge is 0.495 e. The number of methoxy groups -OCH3 is 1. The second kappa shape index (κ2) is 6.24. The van der Waals surface area contributed by atoms with Crippen LogP contribution in [0, 0.1) is 0 Å². The minimum absolute atomic E-state index is 0.141. The quantitative estimate of drug-likeness (QED) is 0.828. The SMILES string of the molecule is COc1cc(NS(=O)(=O)Cc2ccc(N)cc2)ccc1Cl. The molecule has 0 radical (unpaired) electrons. The van der Waals surface area contributed by atoms with Crippen LogP contribution in [0.4, 0.5) is 11.4 Å². The second-order valence-electron chi connectivity index (χ2n) is 4.45. The van der Waals surface area contributed by atoms with Crippen molar-refractivity contribution in [1.82, 2.24) is 0 Å². The first-order chi connectivity index (χ1) is 9.89. The number of hydrogen-bond donors (Lipinski definition) is 2. The van der Waals surface area contributed by atoms with Crippen molar-refractivity contribution in [3.8, 4) is 5.75 Å². The normalized spacial score (nSPS) is 11.1. The van der Waals surface area contributed by atoms with Gasteiger partial charge >= 0.3 is 0 Å². The maximum Gasteiger partial charge on any atom is 0.236 e. The highest BCUT2D eigenvalue weighted by Crippen LogP contribution is 2.28. The van der Waals surface area contributed by atoms with Gasteiger partial charge in [0.2, 0.25) is 10.0 Å². The number of halogens is 1. The van der Waals surface area contributed by atoms with E-state index in [-0.39, 0.29) is 5.75 Å². The highest BCUT2D eigenvalue weighted by molar-refractivity contribution is 7.91. The molecule has 0 aliphatic rings. The van der Waals surface area contributed by atoms with Crippen LogP contribution in [-0.4, -0.2) is 15.5 Å². The van der Waals surface area contributed by atoms with Gasteiger partial charge in [-0.25, -0.2) is 8.42 Å². The molecule has 0 bridgehead atoms. The van der Waals surface area contributed by atoms with E-state index in [1.165, 1.54) is 13.2 Å². The van der Waals surface area contributed by atoms with Gasteiger partial charge in [-0.1, -0.05) is 23.7 Å². The Morgan fingerprint density at radius 2 is 1.86 bits per heavy atom. The van der Waals surface area contributed by atoms with Crippen LogP contribution < -0.4 is 15.2 Å². The zero-order valence-corrected chi connectivity index (χ0v) is 12.9. The summed E-state index contributed by atoms with van der Waals surface area (Å²) in [5.74, 6) is 0.266. The molecule has 21 heavy (non-hydrogen) atoms. The van der Waals surface area contributed by atoms with E-state index >= 15 is 0 Å². The first-order valence-electron chi connectivity index (χ1n) is 6.08. The number of rotatable bonds is 5. The minimum Gasteiger partial charge on any atom is -0.495 e. The van der Waals surface area contributed by atoms with E-state index in [1.807, 2.05) is 0 Å². The van der Waals surface area contributed by atoms with Gasteiger partial charge in [-0.05, 0) is 29.8 Å². The number of sulfonamides is 1. The van der Waals surface area contributed by atoms with Crippen LogP contribution in [-0.2, 0) is 15.8 Å². The lowest BCUT2D eigenvalue weighted by molar-refractivity contribution is 0.415. The molecule has 0 atom stereocenters. The summed E-state index contributed by atoms with van der Waals surface area (Å²) in [7, 11) is -2.06. The van der Waals surface area contributed by atoms with Gasteiger partial charge < -0.3 is 10.5 Å². The van der Waals surface area contributed by atoms with Gasteiger partial charge in [0, 0.05) is 11.8 Å². The molecule has 0 heterocycles. The molecule has 2 rings (SSSR count). The Morgan fingerprint density at radius 1 is 1.19 bits per heavy atom. The summed E-state index contributed by atoms with van der Waals surface area (Å²) < 4.78 is 31.8. The molecule has 0 spiro atoms. The van der Waals surface area contributed by atoms with Gasteiger partial charge in [0.1, 0.15) is 5.75 Å². The number of nitrogens with two attached hydrogens (primary N) is 1. The van der Waals surface area contributed by atoms with Crippen molar-refractivity contribution in [3.05, 3.63) is 53.1 Å². The molecule has 112 valence electrons. The molecule has 0 aliphatic carbocycles. The van der Waals surface area contributed by atoms with Crippen LogP contribution in [0.25, 0.3) is 0 Å². The fourth-order valence-corrected chi connectivity index (χ4v) is 3.16. The second-order valence-corrected chi connectivity index (χ2v) is 6.58. The van der Waals surface area contributed by atoms with Gasteiger partial charge in [0.05, 0.1) is 23.6 Å². The van der Waals surface area contributed by atoms with Gasteiger partial charge in [-0.15, -0.1) is 0 Å². The molecule has 5 nitrogen and oxygen atoms in total. The van der Waals surface area contributed by atoms with Crippen molar-refractivity contribution in [2.24, 2.45) is 0 Å². The third kappa shape index (κ3) is 4.27. The monoisotopic (exact) mass is 326 g/mol. The minimum atomic E-state index is -3.53. The number of benzene rings is 2. The number of anilines is 2. The van der Waals surface area contributed by atoms with E-state index in [2.05, 4.69) is 4.72 Å². The molecule has 0 amide bonds. The van der Waals surface area contributed by atoms with E-state index in [0.29, 0.717) is 27.7 Å². The average molecular weight is 327 g/mol. The Kier molecular flexibility index (Phi) is 4.59. The summed E-state index contributed by atoms with van der Waals surface area (Å²) in [6.45, 7) is 0. The fourth-order valence-electron chi connectivity index (χ4n) is 1.77. The van der Waals surface area contributed by atoms with Crippen molar-refractivity contribution in [3.63, 3.8) is 0 Å². The predicted molar refractivity (Wildman–Crippen MR) is 85.1 cm³/mol. The van der Waals surface area contributed by atoms with Gasteiger partial charge in [-0.2, -0.15) is 0 Å². The molecule has 0 fully saturated rings. The first-order valence-corrected chi connectivity index (χ1v) is 8.11. The number of nitrogens with one attached hydrogen (secondary N) is 1. The first kappa shape index (κ1) is 15.5. The van der Waals surface area contributed by atoms with Crippen LogP contribution >= 0.6 is 11.6 Å². The van der Waals surface area contributed by atoms with Crippen molar-refractivity contribution in [2.75, 3.05) is 17.6 Å². The lowest BCUT2D eigenvalue weighted by atomic mass is 10.2. The van der Waals surface area contributed by atoms with E-state index in [4.69, 9.17) is 22.1 Å². The molecule has 3 N–H and O–H groups in total. The molecule has 2 aromatic carbocycles. The van der Waals surface area contributed by atoms with E-state index < -0.39 is 10.0 Å². The molecule has 0 unspecified atom stereocenters. The Morgan fingerprint density at radius 3 is 2.48 bits per heavy atom. The maximum absolute atomic E-state index is 12.1. The van der Waals surface area contributed by atoms with Gasteiger partial charge in [-0.3, -0.25) is 4.72 Å². The van der Waals surface area contributed by atoms with Gasteiger partial charge in [0.15, 0.2) is 0 Å². The fraction of sp³-hybridized carbons (Fsp3) is 0.143. The molecule has 0 saturated carbocycles. The molecule has 7 heteroatoms. The van der Waals surface area contributed by atoms with Crippen molar-refractivity contribution < 1.29 is 13.2 Å². The highest BCUT2D eigenvalue weighted by Gasteiger charge is 2.13. The Labute approximate surface area is 128 Å². The number of nitrogen functional groups attached to an aromatic ring is 1. The summed E-state index contributed by atoms with van der Waals surface area (Å²) in [4.78, 5) is 0. The average Bonchev–Trinajstić information content (AvgIpc) is 2.43. The van der Waals surface area contributed by atoms with Crippen LogP contribution in [0.3, 0.4) is 0 Å². The number of hydrogen-bond acceptors (Lipinski definition) is 4. The van der Waals surface area contributed by atoms with Crippen LogP contribution in [0.5, 0.6) is 5.75 Å². The molecule has 0 aromatic heterocycles. The van der Waals surface area contributed by atoms with Crippen LogP contribution in [0.2, 0.25) is 5.02 Å². The molecular formula is C14H15ClN2O3S. The number of ether oxygens (including phenoxy) is 1. The lowest BCUT2D eigenvalue weighted by Crippen LogP contribution is -2.15. The van der Waals surface area contributed by atoms with Crippen LogP contribution in [0.15, 0.2) is 42.5 Å². The van der Waals surface area contributed by atoms with Crippen molar-refractivity contribution in [1.29, 1.82) is 0 Å². The summed E-state index contributed by atoms with van der Waals surface area (Å²) in [6, 6.07) is 11.4. The molecule has 2 aromatic rings. The van der Waals surface area contributed by atoms with Gasteiger partial charge in [0.25, 0.3) is 0 Å². The summed E-state index contributed by atoms with van der Waals surface area (Å²) >= 11 is 5.90. The Bertz CT molecular complexity index is 730. The van der Waals surface area contributed by atoms with Crippen molar-refractivity contribution >= 4 is 33.0 Å². The third-order valence-electron chi connectivity index (χ3n) is 2.76. The maximum atomic E-state index is 12.1. The van der Waals surface area contributed by atoms with E-state index in [0.717, 1.165) is 0 Å². The standard InChI is InChI=1S/C14H15ClN2O3S/c1-20-14-8-12(6-7-13(14)15)17-21(18,19)9-10-2-4-11(16)5-3-10/h2-8,17H,9,16H2,1H3. The summed E-state index contributed by atoms with van der Waals surface area (Å²) in [5.41, 5.74) is 7.20. The van der Waals surface area contributed by atoms with Crippen LogP contribution in [0.1, 0.15) is 5.56 Å². The molecule has 0 saturated heterocycles. The molecular weight excluding hydrogens is 312 g/mol. The highest BCUT2D eigenvalue weighted by atomic mass is 35.5. The topological polar surface area (TPSA) is 81.4 Å². The Hall–Kier alpha value is -1.92. The van der Waals surface area contributed by atoms with E-state index in [9.17, 15) is 8.42 Å². The zero-order chi connectivity index (χ0) is 15.5. The van der Waals surface area contributed by atoms with E-state index in [1.54, 1.807) is 36.4 Å². The molecule has 0 aliphatic heterocycles. The zero-order valence-electron chi connectivity index (χ0n) is 11.3. The summed E-state index contributed by atoms with van der Waals surface area (Å²) in [5, 5.41) is 0.416. The third-order valence-corrected chi connectivity index (χ3v) is 4.33. The Balaban J connectivity index is 2.15. The van der Waals surface area contributed by atoms with Crippen molar-refractivity contribution in [2.45, 2.75) is 5.75 Å². The summed E-state index contributed by atoms with van der Waals surface area (Å²) in [6.07, 6.45) is 0. The predicted octanol–water partition coefficient (Wildman–Crippen LogP) is 2.87. The smallest absolute Gasteiger partial charge is 0.236 e.